The van der Waals surface area contributed by atoms with Crippen LogP contribution < -0.4 is 0 Å². The lowest BCUT2D eigenvalue weighted by Gasteiger charge is -2.35. The minimum Gasteiger partial charge on any atom is -0.390 e. The first-order valence-corrected chi connectivity index (χ1v) is 8.69. The van der Waals surface area contributed by atoms with Gasteiger partial charge in [0.25, 0.3) is 5.91 Å². The summed E-state index contributed by atoms with van der Waals surface area (Å²) in [7, 11) is 0. The second-order valence-electron chi connectivity index (χ2n) is 6.34. The molecule has 0 saturated carbocycles. The molecule has 1 aromatic heterocycles. The molecule has 4 heteroatoms. The Balaban J connectivity index is 1.70. The van der Waals surface area contributed by atoms with E-state index in [-0.39, 0.29) is 18.6 Å². The van der Waals surface area contributed by atoms with Gasteiger partial charge in [0.15, 0.2) is 0 Å². The maximum atomic E-state index is 12.9. The number of aliphatic hydroxyl groups excluding tert-OH is 1. The predicted molar refractivity (Wildman–Crippen MR) is 93.6 cm³/mol. The van der Waals surface area contributed by atoms with E-state index in [1.54, 1.807) is 18.2 Å². The maximum Gasteiger partial charge on any atom is 0.272 e. The fourth-order valence-electron chi connectivity index (χ4n) is 3.38. The molecule has 1 aromatic carbocycles. The molecule has 1 atom stereocenters. The molecule has 24 heavy (non-hydrogen) atoms. The number of benzene rings is 1. The van der Waals surface area contributed by atoms with Crippen molar-refractivity contribution in [2.75, 3.05) is 6.54 Å². The first-order chi connectivity index (χ1) is 11.8. The van der Waals surface area contributed by atoms with Crippen LogP contribution in [0.4, 0.5) is 0 Å². The summed E-state index contributed by atoms with van der Waals surface area (Å²) in [6.07, 6.45) is 5.24. The van der Waals surface area contributed by atoms with Crippen molar-refractivity contribution < 1.29 is 9.90 Å². The van der Waals surface area contributed by atoms with E-state index in [9.17, 15) is 9.90 Å². The van der Waals surface area contributed by atoms with Gasteiger partial charge in [-0.25, -0.2) is 4.98 Å². The van der Waals surface area contributed by atoms with Crippen LogP contribution in [0, 0.1) is 0 Å². The van der Waals surface area contributed by atoms with Crippen LogP contribution >= 0.6 is 0 Å². The Morgan fingerprint density at radius 2 is 1.96 bits per heavy atom. The Bertz CT molecular complexity index is 672. The number of aryl methyl sites for hydroxylation is 1. The molecule has 1 amide bonds. The quantitative estimate of drug-likeness (QED) is 0.919. The SMILES string of the molecule is O=C(c1cccc(CO)n1)N1CCCC[C@@H]1CCc1ccccc1. The van der Waals surface area contributed by atoms with Gasteiger partial charge in [-0.3, -0.25) is 4.79 Å². The molecule has 126 valence electrons. The molecule has 1 N–H and O–H groups in total. The van der Waals surface area contributed by atoms with Crippen LogP contribution in [0.1, 0.15) is 47.4 Å². The van der Waals surface area contributed by atoms with Crippen molar-refractivity contribution in [2.24, 2.45) is 0 Å². The van der Waals surface area contributed by atoms with Gasteiger partial charge >= 0.3 is 0 Å². The summed E-state index contributed by atoms with van der Waals surface area (Å²) in [5, 5.41) is 9.23. The Labute approximate surface area is 143 Å². The first-order valence-electron chi connectivity index (χ1n) is 8.69. The molecule has 1 aliphatic heterocycles. The highest BCUT2D eigenvalue weighted by atomic mass is 16.3. The van der Waals surface area contributed by atoms with Crippen LogP contribution in [0.3, 0.4) is 0 Å². The van der Waals surface area contributed by atoms with E-state index in [1.165, 1.54) is 12.0 Å². The van der Waals surface area contributed by atoms with Gasteiger partial charge in [-0.05, 0) is 49.8 Å². The number of likely N-dealkylation sites (tertiary alicyclic amines) is 1. The van der Waals surface area contributed by atoms with Gasteiger partial charge in [-0.1, -0.05) is 36.4 Å². The number of carbonyl (C=O) groups is 1. The third-order valence-electron chi connectivity index (χ3n) is 4.68. The monoisotopic (exact) mass is 324 g/mol. The molecule has 0 radical (unpaired) electrons. The number of piperidine rings is 1. The molecule has 0 spiro atoms. The zero-order valence-corrected chi connectivity index (χ0v) is 13.9. The van der Waals surface area contributed by atoms with Crippen LogP contribution in [0.2, 0.25) is 0 Å². The molecule has 2 aromatic rings. The number of hydrogen-bond donors (Lipinski definition) is 1. The minimum atomic E-state index is -0.140. The van der Waals surface area contributed by atoms with Crippen LogP contribution in [-0.4, -0.2) is 33.5 Å². The van der Waals surface area contributed by atoms with E-state index in [0.717, 1.165) is 32.2 Å². The highest BCUT2D eigenvalue weighted by Gasteiger charge is 2.27. The van der Waals surface area contributed by atoms with Crippen molar-refractivity contribution in [3.8, 4) is 0 Å². The minimum absolute atomic E-state index is 0.0111. The number of nitrogens with zero attached hydrogens (tertiary/aromatic N) is 2. The Kier molecular flexibility index (Phi) is 5.59. The van der Waals surface area contributed by atoms with Crippen molar-refractivity contribution in [3.05, 3.63) is 65.5 Å². The van der Waals surface area contributed by atoms with Crippen molar-refractivity contribution in [1.82, 2.24) is 9.88 Å². The van der Waals surface area contributed by atoms with Gasteiger partial charge in [0, 0.05) is 12.6 Å². The fourth-order valence-corrected chi connectivity index (χ4v) is 3.38. The third kappa shape index (κ3) is 4.01. The molecular formula is C20H24N2O2. The van der Waals surface area contributed by atoms with Gasteiger partial charge in [0.2, 0.25) is 0 Å². The maximum absolute atomic E-state index is 12.9. The van der Waals surface area contributed by atoms with Gasteiger partial charge in [0.05, 0.1) is 12.3 Å². The number of aliphatic hydroxyl groups is 1. The lowest BCUT2D eigenvalue weighted by atomic mass is 9.95. The van der Waals surface area contributed by atoms with Gasteiger partial charge in [-0.2, -0.15) is 0 Å². The van der Waals surface area contributed by atoms with E-state index >= 15 is 0 Å². The number of pyridine rings is 1. The largest absolute Gasteiger partial charge is 0.390 e. The molecule has 1 saturated heterocycles. The first kappa shape index (κ1) is 16.7. The second-order valence-corrected chi connectivity index (χ2v) is 6.34. The summed E-state index contributed by atoms with van der Waals surface area (Å²) in [4.78, 5) is 19.1. The Hall–Kier alpha value is -2.20. The Morgan fingerprint density at radius 1 is 1.12 bits per heavy atom. The predicted octanol–water partition coefficient (Wildman–Crippen LogP) is 3.20. The number of aromatic nitrogens is 1. The van der Waals surface area contributed by atoms with E-state index in [0.29, 0.717) is 11.4 Å². The van der Waals surface area contributed by atoms with Crippen LogP contribution in [-0.2, 0) is 13.0 Å². The zero-order valence-electron chi connectivity index (χ0n) is 13.9. The summed E-state index contributed by atoms with van der Waals surface area (Å²) in [5.41, 5.74) is 2.29. The molecule has 0 aliphatic carbocycles. The van der Waals surface area contributed by atoms with Crippen molar-refractivity contribution in [2.45, 2.75) is 44.8 Å². The molecule has 0 unspecified atom stereocenters. The van der Waals surface area contributed by atoms with Crippen LogP contribution in [0.5, 0.6) is 0 Å². The van der Waals surface area contributed by atoms with Crippen LogP contribution in [0.25, 0.3) is 0 Å². The van der Waals surface area contributed by atoms with Gasteiger partial charge < -0.3 is 10.0 Å². The van der Waals surface area contributed by atoms with E-state index in [1.807, 2.05) is 11.0 Å². The van der Waals surface area contributed by atoms with Crippen molar-refractivity contribution in [1.29, 1.82) is 0 Å². The van der Waals surface area contributed by atoms with Gasteiger partial charge in [0.1, 0.15) is 5.69 Å². The highest BCUT2D eigenvalue weighted by molar-refractivity contribution is 5.92. The second kappa shape index (κ2) is 8.06. The smallest absolute Gasteiger partial charge is 0.272 e. The molecule has 1 fully saturated rings. The zero-order chi connectivity index (χ0) is 16.8. The van der Waals surface area contributed by atoms with Crippen molar-refractivity contribution in [3.63, 3.8) is 0 Å². The number of amides is 1. The summed E-state index contributed by atoms with van der Waals surface area (Å²) >= 11 is 0. The van der Waals surface area contributed by atoms with E-state index in [4.69, 9.17) is 0 Å². The number of rotatable bonds is 5. The molecule has 1 aliphatic rings. The lowest BCUT2D eigenvalue weighted by Crippen LogP contribution is -2.44. The summed E-state index contributed by atoms with van der Waals surface area (Å²) < 4.78 is 0. The molecule has 3 rings (SSSR count). The van der Waals surface area contributed by atoms with E-state index < -0.39 is 0 Å². The van der Waals surface area contributed by atoms with Crippen molar-refractivity contribution >= 4 is 5.91 Å². The van der Waals surface area contributed by atoms with E-state index in [2.05, 4.69) is 29.2 Å². The Morgan fingerprint density at radius 3 is 2.75 bits per heavy atom. The number of carbonyl (C=O) groups excluding carboxylic acids is 1. The molecule has 4 nitrogen and oxygen atoms in total. The lowest BCUT2D eigenvalue weighted by molar-refractivity contribution is 0.0595. The average molecular weight is 324 g/mol. The number of hydrogen-bond acceptors (Lipinski definition) is 3. The summed E-state index contributed by atoms with van der Waals surface area (Å²) in [5.74, 6) is -0.0111. The normalized spacial score (nSPS) is 17.7. The molecule has 2 heterocycles. The fraction of sp³-hybridized carbons (Fsp3) is 0.400. The molecular weight excluding hydrogens is 300 g/mol. The topological polar surface area (TPSA) is 53.4 Å². The molecule has 0 bridgehead atoms. The standard InChI is InChI=1S/C20H24N2O2/c23-15-17-9-6-11-19(21-17)20(24)22-14-5-4-10-18(22)13-12-16-7-2-1-3-8-16/h1-3,6-9,11,18,23H,4-5,10,12-15H2/t18-/m1/s1. The van der Waals surface area contributed by atoms with Gasteiger partial charge in [-0.15, -0.1) is 0 Å². The highest BCUT2D eigenvalue weighted by Crippen LogP contribution is 2.23. The summed E-state index contributed by atoms with van der Waals surface area (Å²) in [6, 6.07) is 16.0. The average Bonchev–Trinajstić information content (AvgIpc) is 2.67. The summed E-state index contributed by atoms with van der Waals surface area (Å²) in [6.45, 7) is 0.655. The van der Waals surface area contributed by atoms with Crippen LogP contribution in [0.15, 0.2) is 48.5 Å². The third-order valence-corrected chi connectivity index (χ3v) is 4.68.